The van der Waals surface area contributed by atoms with E-state index < -0.39 is 0 Å². The van der Waals surface area contributed by atoms with Crippen molar-refractivity contribution in [2.24, 2.45) is 0 Å². The Kier molecular flexibility index (Phi) is 4.88. The minimum atomic E-state index is 0.780. The Morgan fingerprint density at radius 1 is 1.21 bits per heavy atom. The van der Waals surface area contributed by atoms with Crippen molar-refractivity contribution in [3.8, 4) is 0 Å². The molecule has 3 rings (SSSR count). The molecule has 2 aliphatic rings. The summed E-state index contributed by atoms with van der Waals surface area (Å²) >= 11 is 1.88. The molecule has 19 heavy (non-hydrogen) atoms. The first-order valence-electron chi connectivity index (χ1n) is 7.51. The number of nitrogens with one attached hydrogen (secondary N) is 1. The second-order valence-corrected chi connectivity index (χ2v) is 6.88. The Hall–Kier alpha value is -0.420. The molecule has 0 bridgehead atoms. The lowest BCUT2D eigenvalue weighted by Gasteiger charge is -2.13. The van der Waals surface area contributed by atoms with Crippen molar-refractivity contribution >= 4 is 11.3 Å². The fraction of sp³-hybridized carbons (Fsp3) is 0.733. The van der Waals surface area contributed by atoms with E-state index in [0.29, 0.717) is 0 Å². The molecule has 2 heterocycles. The van der Waals surface area contributed by atoms with Crippen LogP contribution < -0.4 is 5.32 Å². The first kappa shape index (κ1) is 13.6. The molecule has 4 heteroatoms. The van der Waals surface area contributed by atoms with E-state index in [1.165, 1.54) is 48.5 Å². The second-order valence-electron chi connectivity index (χ2n) is 5.62. The van der Waals surface area contributed by atoms with Crippen LogP contribution in [0.1, 0.15) is 35.4 Å². The van der Waals surface area contributed by atoms with Gasteiger partial charge in [0.15, 0.2) is 0 Å². The molecule has 1 aliphatic heterocycles. The van der Waals surface area contributed by atoms with Gasteiger partial charge in [0.1, 0.15) is 0 Å². The van der Waals surface area contributed by atoms with Crippen molar-refractivity contribution in [2.45, 2.75) is 44.9 Å². The third-order valence-electron chi connectivity index (χ3n) is 3.85. The van der Waals surface area contributed by atoms with Crippen LogP contribution in [-0.4, -0.2) is 37.2 Å². The quantitative estimate of drug-likeness (QED) is 0.741. The van der Waals surface area contributed by atoms with Gasteiger partial charge in [-0.1, -0.05) is 0 Å². The molecule has 0 unspecified atom stereocenters. The van der Waals surface area contributed by atoms with Crippen LogP contribution in [0.4, 0.5) is 0 Å². The topological polar surface area (TPSA) is 24.5 Å². The van der Waals surface area contributed by atoms with E-state index in [9.17, 15) is 0 Å². The summed E-state index contributed by atoms with van der Waals surface area (Å²) < 4.78 is 5.78. The summed E-state index contributed by atoms with van der Waals surface area (Å²) in [7, 11) is 0. The third kappa shape index (κ3) is 4.56. The van der Waals surface area contributed by atoms with Crippen molar-refractivity contribution in [2.75, 3.05) is 26.2 Å². The first-order valence-corrected chi connectivity index (χ1v) is 8.33. The maximum Gasteiger partial charge on any atom is 0.0810 e. The van der Waals surface area contributed by atoms with Gasteiger partial charge in [-0.25, -0.2) is 0 Å². The van der Waals surface area contributed by atoms with Crippen LogP contribution in [0.15, 0.2) is 12.1 Å². The van der Waals surface area contributed by atoms with Crippen LogP contribution in [0.25, 0.3) is 0 Å². The molecule has 1 saturated heterocycles. The average Bonchev–Trinajstić information content (AvgIpc) is 2.91. The Morgan fingerprint density at radius 3 is 2.79 bits per heavy atom. The largest absolute Gasteiger partial charge is 0.375 e. The van der Waals surface area contributed by atoms with Gasteiger partial charge in [0.25, 0.3) is 0 Å². The second kappa shape index (κ2) is 6.84. The van der Waals surface area contributed by atoms with Crippen LogP contribution in [0.5, 0.6) is 0 Å². The van der Waals surface area contributed by atoms with Gasteiger partial charge in [0.05, 0.1) is 13.2 Å². The van der Waals surface area contributed by atoms with Crippen molar-refractivity contribution in [3.63, 3.8) is 0 Å². The zero-order chi connectivity index (χ0) is 12.9. The predicted molar refractivity (Wildman–Crippen MR) is 79.5 cm³/mol. The lowest BCUT2D eigenvalue weighted by Crippen LogP contribution is -2.23. The van der Waals surface area contributed by atoms with Crippen LogP contribution >= 0.6 is 11.3 Å². The number of nitrogens with zero attached hydrogens (tertiary/aromatic N) is 1. The zero-order valence-electron chi connectivity index (χ0n) is 11.6. The molecule has 1 aromatic rings. The van der Waals surface area contributed by atoms with Gasteiger partial charge in [-0.2, -0.15) is 0 Å². The number of likely N-dealkylation sites (tertiary alicyclic amines) is 1. The summed E-state index contributed by atoms with van der Waals surface area (Å²) in [4.78, 5) is 5.29. The van der Waals surface area contributed by atoms with E-state index in [4.69, 9.17) is 4.74 Å². The van der Waals surface area contributed by atoms with Gasteiger partial charge in [-0.15, -0.1) is 11.3 Å². The lowest BCUT2D eigenvalue weighted by molar-refractivity contribution is 0.101. The first-order chi connectivity index (χ1) is 9.40. The molecule has 0 aromatic carbocycles. The molecule has 0 radical (unpaired) electrons. The monoisotopic (exact) mass is 280 g/mol. The van der Waals surface area contributed by atoms with Gasteiger partial charge in [0.2, 0.25) is 0 Å². The van der Waals surface area contributed by atoms with E-state index in [-0.39, 0.29) is 0 Å². The minimum Gasteiger partial charge on any atom is -0.375 e. The minimum absolute atomic E-state index is 0.780. The summed E-state index contributed by atoms with van der Waals surface area (Å²) in [5.41, 5.74) is 0. The maximum atomic E-state index is 5.78. The number of thiophene rings is 1. The molecule has 0 atom stereocenters. The molecule has 1 aliphatic carbocycles. The highest BCUT2D eigenvalue weighted by Crippen LogP contribution is 2.22. The molecule has 0 spiro atoms. The van der Waals surface area contributed by atoms with Crippen molar-refractivity contribution in [1.82, 2.24) is 10.2 Å². The molecule has 1 aromatic heterocycles. The smallest absolute Gasteiger partial charge is 0.0810 e. The molecular weight excluding hydrogens is 256 g/mol. The third-order valence-corrected chi connectivity index (χ3v) is 4.91. The molecule has 0 amide bonds. The van der Waals surface area contributed by atoms with Crippen LogP contribution in [0, 0.1) is 0 Å². The predicted octanol–water partition coefficient (Wildman–Crippen LogP) is 2.61. The zero-order valence-corrected chi connectivity index (χ0v) is 12.4. The van der Waals surface area contributed by atoms with Crippen molar-refractivity contribution in [1.29, 1.82) is 0 Å². The molecule has 2 fully saturated rings. The summed E-state index contributed by atoms with van der Waals surface area (Å²) in [6.45, 7) is 6.30. The lowest BCUT2D eigenvalue weighted by atomic mass is 10.4. The fourth-order valence-electron chi connectivity index (χ4n) is 2.50. The molecule has 1 saturated carbocycles. The van der Waals surface area contributed by atoms with Crippen molar-refractivity contribution < 1.29 is 4.74 Å². The number of hydrogen-bond donors (Lipinski definition) is 1. The Bertz CT molecular complexity index is 383. The Morgan fingerprint density at radius 2 is 2.00 bits per heavy atom. The van der Waals surface area contributed by atoms with E-state index in [1.807, 2.05) is 11.3 Å². The summed E-state index contributed by atoms with van der Waals surface area (Å²) in [5.74, 6) is 0. The summed E-state index contributed by atoms with van der Waals surface area (Å²) in [6.07, 6.45) is 5.44. The Labute approximate surface area is 119 Å². The molecule has 3 nitrogen and oxygen atoms in total. The highest BCUT2D eigenvalue weighted by Gasteiger charge is 2.20. The van der Waals surface area contributed by atoms with Crippen LogP contribution in [0.3, 0.4) is 0 Å². The van der Waals surface area contributed by atoms with Gasteiger partial charge in [-0.3, -0.25) is 0 Å². The molecule has 106 valence electrons. The molecule has 1 N–H and O–H groups in total. The van der Waals surface area contributed by atoms with Gasteiger partial charge >= 0.3 is 0 Å². The average molecular weight is 280 g/mol. The summed E-state index contributed by atoms with van der Waals surface area (Å²) in [6, 6.07) is 5.24. The Balaban J connectivity index is 1.30. The SMILES string of the molecule is c1cc(COCCN2CCCC2)sc1CNC1CC1. The van der Waals surface area contributed by atoms with Gasteiger partial charge in [0, 0.05) is 28.9 Å². The van der Waals surface area contributed by atoms with E-state index in [1.54, 1.807) is 0 Å². The summed E-state index contributed by atoms with van der Waals surface area (Å²) in [5, 5.41) is 3.55. The fourth-order valence-corrected chi connectivity index (χ4v) is 3.41. The van der Waals surface area contributed by atoms with Crippen LogP contribution in [-0.2, 0) is 17.9 Å². The van der Waals surface area contributed by atoms with Gasteiger partial charge in [-0.05, 0) is 50.9 Å². The highest BCUT2D eigenvalue weighted by atomic mass is 32.1. The maximum absolute atomic E-state index is 5.78. The number of rotatable bonds is 8. The van der Waals surface area contributed by atoms with Crippen LogP contribution in [0.2, 0.25) is 0 Å². The van der Waals surface area contributed by atoms with Gasteiger partial charge < -0.3 is 15.0 Å². The van der Waals surface area contributed by atoms with E-state index in [0.717, 1.165) is 32.3 Å². The van der Waals surface area contributed by atoms with E-state index >= 15 is 0 Å². The number of ether oxygens (including phenoxy) is 1. The van der Waals surface area contributed by atoms with Crippen molar-refractivity contribution in [3.05, 3.63) is 21.9 Å². The van der Waals surface area contributed by atoms with E-state index in [2.05, 4.69) is 22.3 Å². The number of hydrogen-bond acceptors (Lipinski definition) is 4. The molecular formula is C15H24N2OS. The highest BCUT2D eigenvalue weighted by molar-refractivity contribution is 7.11. The normalized spacial score (nSPS) is 20.2. The standard InChI is InChI=1S/C15H24N2OS/c1-2-8-17(7-1)9-10-18-12-15-6-5-14(19-15)11-16-13-3-4-13/h5-6,13,16H,1-4,7-12H2.